The van der Waals surface area contributed by atoms with Crippen molar-refractivity contribution in [3.63, 3.8) is 0 Å². The zero-order valence-corrected chi connectivity index (χ0v) is 23.1. The van der Waals surface area contributed by atoms with Gasteiger partial charge in [-0.05, 0) is 42.3 Å². The molecule has 0 bridgehead atoms. The van der Waals surface area contributed by atoms with Crippen LogP contribution >= 0.6 is 0 Å². The van der Waals surface area contributed by atoms with Crippen LogP contribution in [0.3, 0.4) is 0 Å². The summed E-state index contributed by atoms with van der Waals surface area (Å²) >= 11 is 0. The molecule has 37 heavy (non-hydrogen) atoms. The summed E-state index contributed by atoms with van der Waals surface area (Å²) < 4.78 is 33.6. The Morgan fingerprint density at radius 3 is 2.22 bits per heavy atom. The van der Waals surface area contributed by atoms with E-state index >= 15 is 0 Å². The Labute approximate surface area is 238 Å². The minimum Gasteiger partial charge on any atom is -1.00 e. The van der Waals surface area contributed by atoms with E-state index in [4.69, 9.17) is 5.73 Å². The summed E-state index contributed by atoms with van der Waals surface area (Å²) in [6, 6.07) is 27.9. The Kier molecular flexibility index (Phi) is 7.87. The van der Waals surface area contributed by atoms with Crippen LogP contribution in [0.1, 0.15) is 6.99 Å². The van der Waals surface area contributed by atoms with E-state index in [2.05, 4.69) is 45.5 Å². The first-order chi connectivity index (χ1) is 17.3. The summed E-state index contributed by atoms with van der Waals surface area (Å²) in [4.78, 5) is 4.32. The summed E-state index contributed by atoms with van der Waals surface area (Å²) in [6.45, 7) is 2.04. The fourth-order valence-corrected chi connectivity index (χ4v) is 4.82. The number of nitrogen functional groups attached to an aromatic ring is 1. The minimum atomic E-state index is -4.49. The van der Waals surface area contributed by atoms with Gasteiger partial charge < -0.3 is 7.16 Å². The topological polar surface area (TPSA) is 118 Å². The predicted octanol–water partition coefficient (Wildman–Crippen LogP) is 4.24. The van der Waals surface area contributed by atoms with Crippen LogP contribution in [-0.2, 0) is 10.1 Å². The van der Waals surface area contributed by atoms with E-state index in [0.29, 0.717) is 16.5 Å². The van der Waals surface area contributed by atoms with E-state index in [1.807, 2.05) is 31.2 Å². The van der Waals surface area contributed by atoms with Crippen molar-refractivity contribution in [1.82, 2.24) is 4.98 Å². The van der Waals surface area contributed by atoms with Gasteiger partial charge in [-0.3, -0.25) is 9.54 Å². The average molecular weight is 519 g/mol. The quantitative estimate of drug-likeness (QED) is 0.156. The van der Waals surface area contributed by atoms with Crippen LogP contribution < -0.4 is 35.3 Å². The number of anilines is 1. The molecule has 4 aromatic carbocycles. The smallest absolute Gasteiger partial charge is 1.00 e. The van der Waals surface area contributed by atoms with E-state index in [0.717, 1.165) is 27.9 Å². The number of rotatable bonds is 5. The molecule has 0 atom stereocenters. The predicted molar refractivity (Wildman–Crippen MR) is 143 cm³/mol. The SMILES string of the molecule is Cc1ccc(-c2ccccc2)c(-c2ccc(N=Nc3cc(S(=O)(=O)O)c4ccccc4c3N)cn2)c1.[H-].[Na+]. The molecule has 5 rings (SSSR count). The van der Waals surface area contributed by atoms with Gasteiger partial charge in [-0.15, -0.1) is 10.2 Å². The molecule has 0 aliphatic rings. The number of benzene rings is 4. The molecule has 5 aromatic rings. The third-order valence-corrected chi connectivity index (χ3v) is 6.75. The zero-order chi connectivity index (χ0) is 25.3. The number of aromatic nitrogens is 1. The van der Waals surface area contributed by atoms with Gasteiger partial charge in [-0.1, -0.05) is 72.3 Å². The first-order valence-corrected chi connectivity index (χ1v) is 12.6. The molecule has 0 amide bonds. The Hall–Kier alpha value is -3.40. The molecule has 9 heteroatoms. The van der Waals surface area contributed by atoms with Crippen LogP contribution in [0.15, 0.2) is 112 Å². The summed E-state index contributed by atoms with van der Waals surface area (Å²) in [5.41, 5.74) is 12.2. The summed E-state index contributed by atoms with van der Waals surface area (Å²) in [6.07, 6.45) is 1.59. The number of fused-ring (bicyclic) bond motifs is 1. The fourth-order valence-electron chi connectivity index (χ4n) is 4.10. The number of pyridine rings is 1. The molecule has 0 saturated carbocycles. The van der Waals surface area contributed by atoms with E-state index in [1.54, 1.807) is 36.5 Å². The van der Waals surface area contributed by atoms with Gasteiger partial charge in [0.25, 0.3) is 10.1 Å². The first kappa shape index (κ1) is 26.7. The molecule has 0 unspecified atom stereocenters. The zero-order valence-electron chi connectivity index (χ0n) is 21.3. The van der Waals surface area contributed by atoms with Crippen molar-refractivity contribution in [2.75, 3.05) is 5.73 Å². The van der Waals surface area contributed by atoms with Crippen LogP contribution in [0.4, 0.5) is 17.1 Å². The maximum absolute atomic E-state index is 11.9. The Morgan fingerprint density at radius 1 is 0.838 bits per heavy atom. The second-order valence-electron chi connectivity index (χ2n) is 8.34. The molecular weight excluding hydrogens is 495 g/mol. The van der Waals surface area contributed by atoms with Gasteiger partial charge in [0.2, 0.25) is 0 Å². The van der Waals surface area contributed by atoms with Gasteiger partial charge in [0, 0.05) is 16.3 Å². The van der Waals surface area contributed by atoms with Crippen LogP contribution in [0.2, 0.25) is 0 Å². The molecule has 1 aromatic heterocycles. The van der Waals surface area contributed by atoms with Crippen molar-refractivity contribution in [2.24, 2.45) is 10.2 Å². The van der Waals surface area contributed by atoms with Crippen molar-refractivity contribution in [2.45, 2.75) is 11.8 Å². The molecule has 0 aliphatic heterocycles. The number of hydrogen-bond donors (Lipinski definition) is 2. The molecule has 1 heterocycles. The minimum absolute atomic E-state index is 0. The van der Waals surface area contributed by atoms with E-state index in [1.165, 1.54) is 6.07 Å². The first-order valence-electron chi connectivity index (χ1n) is 11.1. The van der Waals surface area contributed by atoms with Crippen molar-refractivity contribution in [1.29, 1.82) is 0 Å². The maximum atomic E-state index is 11.9. The molecule has 0 aliphatic carbocycles. The number of nitrogens with zero attached hydrogens (tertiary/aromatic N) is 3. The van der Waals surface area contributed by atoms with Gasteiger partial charge in [0.1, 0.15) is 16.3 Å². The molecule has 180 valence electrons. The number of aryl methyl sites for hydroxylation is 1. The van der Waals surface area contributed by atoms with Crippen molar-refractivity contribution < 1.29 is 44.0 Å². The van der Waals surface area contributed by atoms with Crippen LogP contribution in [0.25, 0.3) is 33.2 Å². The number of nitrogens with two attached hydrogens (primary N) is 1. The average Bonchev–Trinajstić information content (AvgIpc) is 2.88. The molecule has 3 N–H and O–H groups in total. The van der Waals surface area contributed by atoms with E-state index in [-0.39, 0.29) is 47.3 Å². The van der Waals surface area contributed by atoms with Gasteiger partial charge >= 0.3 is 29.6 Å². The van der Waals surface area contributed by atoms with Gasteiger partial charge in [0.05, 0.1) is 17.6 Å². The van der Waals surface area contributed by atoms with Gasteiger partial charge in [-0.25, -0.2) is 0 Å². The maximum Gasteiger partial charge on any atom is 1.00 e. The summed E-state index contributed by atoms with van der Waals surface area (Å²) in [7, 11) is -4.49. The second kappa shape index (κ2) is 10.9. The van der Waals surface area contributed by atoms with Crippen LogP contribution in [-0.4, -0.2) is 18.0 Å². The normalized spacial score (nSPS) is 11.5. The Bertz CT molecular complexity index is 1730. The van der Waals surface area contributed by atoms with Gasteiger partial charge in [0.15, 0.2) is 0 Å². The van der Waals surface area contributed by atoms with Crippen molar-refractivity contribution in [3.8, 4) is 22.4 Å². The number of azo groups is 1. The van der Waals surface area contributed by atoms with Gasteiger partial charge in [-0.2, -0.15) is 8.42 Å². The van der Waals surface area contributed by atoms with Crippen molar-refractivity contribution in [3.05, 3.63) is 103 Å². The standard InChI is InChI=1S/C28H22N4O3S.Na.H/c1-18-11-13-21(19-7-3-2-4-8-19)24(15-18)25-14-12-20(17-30-25)31-32-26-16-27(36(33,34)35)22-9-5-6-10-23(22)28(26)29;;/h2-17H,29H2,1H3,(H,33,34,35);;/q;+1;-1. The Balaban J connectivity index is 0.00000200. The molecule has 0 radical (unpaired) electrons. The molecule has 0 fully saturated rings. The third kappa shape index (κ3) is 5.64. The van der Waals surface area contributed by atoms with E-state index in [9.17, 15) is 13.0 Å². The fraction of sp³-hybridized carbons (Fsp3) is 0.0357. The van der Waals surface area contributed by atoms with Crippen LogP contribution in [0.5, 0.6) is 0 Å². The summed E-state index contributed by atoms with van der Waals surface area (Å²) in [5, 5.41) is 9.15. The number of hydrogen-bond acceptors (Lipinski definition) is 6. The largest absolute Gasteiger partial charge is 1.00 e. The van der Waals surface area contributed by atoms with E-state index < -0.39 is 10.1 Å². The molecule has 0 saturated heterocycles. The molecular formula is C28H23N4NaO3S. The van der Waals surface area contributed by atoms with Crippen molar-refractivity contribution >= 4 is 38.0 Å². The molecule has 7 nitrogen and oxygen atoms in total. The molecule has 0 spiro atoms. The monoisotopic (exact) mass is 518 g/mol. The second-order valence-corrected chi connectivity index (χ2v) is 9.73. The van der Waals surface area contributed by atoms with Crippen LogP contribution in [0, 0.1) is 6.92 Å². The summed E-state index contributed by atoms with van der Waals surface area (Å²) in [5.74, 6) is 0. The third-order valence-electron chi connectivity index (χ3n) is 5.86. The Morgan fingerprint density at radius 2 is 1.54 bits per heavy atom.